The fourth-order valence-corrected chi connectivity index (χ4v) is 1.46. The van der Waals surface area contributed by atoms with Crippen LogP contribution < -0.4 is 5.73 Å². The lowest BCUT2D eigenvalue weighted by molar-refractivity contribution is -0.00762. The highest BCUT2D eigenvalue weighted by Crippen LogP contribution is 2.36. The number of primary amides is 1. The summed E-state index contributed by atoms with van der Waals surface area (Å²) < 4.78 is 5.17. The lowest BCUT2D eigenvalue weighted by atomic mass is 9.72. The number of pyridine rings is 1. The van der Waals surface area contributed by atoms with Crippen LogP contribution >= 0.6 is 0 Å². The molecule has 1 rings (SSSR count). The van der Waals surface area contributed by atoms with Crippen molar-refractivity contribution in [1.82, 2.24) is 4.98 Å². The Balaban J connectivity index is 3.05. The number of aromatic nitrogens is 1. The molecule has 0 atom stereocenters. The maximum atomic E-state index is 10.9. The van der Waals surface area contributed by atoms with Gasteiger partial charge in [-0.1, -0.05) is 19.9 Å². The second kappa shape index (κ2) is 4.12. The highest BCUT2D eigenvalue weighted by Gasteiger charge is 2.41. The van der Waals surface area contributed by atoms with Crippen molar-refractivity contribution in [2.75, 3.05) is 0 Å². The van der Waals surface area contributed by atoms with Crippen molar-refractivity contribution >= 4 is 6.09 Å². The Hall–Kier alpha value is -1.58. The van der Waals surface area contributed by atoms with E-state index in [0.29, 0.717) is 0 Å². The Labute approximate surface area is 95.8 Å². The molecule has 1 aromatic heterocycles. The van der Waals surface area contributed by atoms with Crippen molar-refractivity contribution in [3.05, 3.63) is 30.1 Å². The molecule has 4 nitrogen and oxygen atoms in total. The quantitative estimate of drug-likeness (QED) is 0.852. The molecule has 0 aliphatic carbocycles. The van der Waals surface area contributed by atoms with Crippen LogP contribution in [0.2, 0.25) is 0 Å². The summed E-state index contributed by atoms with van der Waals surface area (Å²) in [5.41, 5.74) is 5.02. The van der Waals surface area contributed by atoms with Crippen molar-refractivity contribution in [2.24, 2.45) is 5.73 Å². The summed E-state index contributed by atoms with van der Waals surface area (Å²) in [6, 6.07) is 3.82. The van der Waals surface area contributed by atoms with Gasteiger partial charge in [-0.05, 0) is 25.5 Å². The highest BCUT2D eigenvalue weighted by molar-refractivity contribution is 5.65. The van der Waals surface area contributed by atoms with E-state index in [4.69, 9.17) is 10.5 Å². The number of amides is 1. The van der Waals surface area contributed by atoms with E-state index in [1.54, 1.807) is 12.4 Å². The maximum Gasteiger partial charge on any atom is 0.405 e. The zero-order valence-corrected chi connectivity index (χ0v) is 10.2. The van der Waals surface area contributed by atoms with Gasteiger partial charge in [0.15, 0.2) is 0 Å². The average Bonchev–Trinajstić information content (AvgIpc) is 2.17. The molecule has 0 saturated heterocycles. The van der Waals surface area contributed by atoms with Crippen molar-refractivity contribution in [3.8, 4) is 0 Å². The van der Waals surface area contributed by atoms with E-state index in [9.17, 15) is 4.79 Å². The predicted molar refractivity (Wildman–Crippen MR) is 62.0 cm³/mol. The molecule has 4 heteroatoms. The van der Waals surface area contributed by atoms with Gasteiger partial charge in [-0.3, -0.25) is 4.98 Å². The molecule has 0 aromatic carbocycles. The molecule has 0 bridgehead atoms. The summed E-state index contributed by atoms with van der Waals surface area (Å²) >= 11 is 0. The highest BCUT2D eigenvalue weighted by atomic mass is 16.6. The summed E-state index contributed by atoms with van der Waals surface area (Å²) in [5.74, 6) is 0. The van der Waals surface area contributed by atoms with E-state index >= 15 is 0 Å². The van der Waals surface area contributed by atoms with E-state index in [1.165, 1.54) is 0 Å². The molecule has 0 unspecified atom stereocenters. The number of rotatable bonds is 3. The molecule has 1 amide bonds. The first-order chi connectivity index (χ1) is 7.27. The Morgan fingerprint density at radius 1 is 1.38 bits per heavy atom. The number of carbonyl (C=O) groups excluding carboxylic acids is 1. The molecular formula is C12H18N2O2. The first kappa shape index (κ1) is 12.5. The minimum atomic E-state index is -0.762. The summed E-state index contributed by atoms with van der Waals surface area (Å²) in [6.45, 7) is 7.66. The SMILES string of the molecule is CC(C)(OC(N)=O)C(C)(C)c1cccnc1. The predicted octanol–water partition coefficient (Wildman–Crippen LogP) is 2.23. The Bertz CT molecular complexity index is 372. The Kier molecular flexibility index (Phi) is 3.21. The standard InChI is InChI=1S/C12H18N2O2/c1-11(2,9-6-5-7-14-8-9)12(3,4)16-10(13)15/h5-8H,1-4H3,(H2,13,15). The molecule has 2 N–H and O–H groups in total. The van der Waals surface area contributed by atoms with Crippen LogP contribution in [0.5, 0.6) is 0 Å². The number of hydrogen-bond donors (Lipinski definition) is 1. The molecule has 1 aromatic rings. The second-order valence-corrected chi connectivity index (χ2v) is 4.80. The molecule has 0 radical (unpaired) electrons. The number of hydrogen-bond acceptors (Lipinski definition) is 3. The summed E-state index contributed by atoms with van der Waals surface area (Å²) in [6.07, 6.45) is 2.72. The summed E-state index contributed by atoms with van der Waals surface area (Å²) in [5, 5.41) is 0. The fraction of sp³-hybridized carbons (Fsp3) is 0.500. The maximum absolute atomic E-state index is 10.9. The minimum Gasteiger partial charge on any atom is -0.443 e. The van der Waals surface area contributed by atoms with Gasteiger partial charge in [0.2, 0.25) is 0 Å². The van der Waals surface area contributed by atoms with E-state index in [2.05, 4.69) is 4.98 Å². The van der Waals surface area contributed by atoms with Crippen molar-refractivity contribution < 1.29 is 9.53 Å². The van der Waals surface area contributed by atoms with Crippen molar-refractivity contribution in [1.29, 1.82) is 0 Å². The normalized spacial score (nSPS) is 12.2. The van der Waals surface area contributed by atoms with E-state index in [-0.39, 0.29) is 5.41 Å². The molecule has 88 valence electrons. The van der Waals surface area contributed by atoms with Gasteiger partial charge in [-0.2, -0.15) is 0 Å². The molecule has 0 saturated carbocycles. The lowest BCUT2D eigenvalue weighted by Crippen LogP contribution is -2.47. The molecule has 0 aliphatic heterocycles. The molecule has 16 heavy (non-hydrogen) atoms. The monoisotopic (exact) mass is 222 g/mol. The Morgan fingerprint density at radius 3 is 2.44 bits per heavy atom. The van der Waals surface area contributed by atoms with Crippen LogP contribution in [0.3, 0.4) is 0 Å². The van der Waals surface area contributed by atoms with Crippen LogP contribution in [0.1, 0.15) is 33.3 Å². The van der Waals surface area contributed by atoms with Gasteiger partial charge >= 0.3 is 6.09 Å². The largest absolute Gasteiger partial charge is 0.443 e. The minimum absolute atomic E-state index is 0.365. The zero-order chi connectivity index (χ0) is 12.4. The van der Waals surface area contributed by atoms with Crippen LogP contribution in [-0.4, -0.2) is 16.7 Å². The average molecular weight is 222 g/mol. The topological polar surface area (TPSA) is 65.2 Å². The Morgan fingerprint density at radius 2 is 2.00 bits per heavy atom. The molecule has 0 aliphatic rings. The van der Waals surface area contributed by atoms with E-state index < -0.39 is 11.7 Å². The van der Waals surface area contributed by atoms with Gasteiger partial charge in [-0.15, -0.1) is 0 Å². The van der Waals surface area contributed by atoms with Crippen LogP contribution in [-0.2, 0) is 10.2 Å². The fourth-order valence-electron chi connectivity index (χ4n) is 1.46. The van der Waals surface area contributed by atoms with E-state index in [0.717, 1.165) is 5.56 Å². The van der Waals surface area contributed by atoms with Crippen LogP contribution in [0.25, 0.3) is 0 Å². The molecule has 0 spiro atoms. The molecular weight excluding hydrogens is 204 g/mol. The van der Waals surface area contributed by atoms with Gasteiger partial charge in [0.05, 0.1) is 0 Å². The third-order valence-corrected chi connectivity index (χ3v) is 3.24. The number of ether oxygens (including phenoxy) is 1. The first-order valence-electron chi connectivity index (χ1n) is 5.16. The zero-order valence-electron chi connectivity index (χ0n) is 10.2. The lowest BCUT2D eigenvalue weighted by Gasteiger charge is -2.40. The molecule has 1 heterocycles. The molecule has 0 fully saturated rings. The van der Waals surface area contributed by atoms with Gasteiger partial charge < -0.3 is 10.5 Å². The second-order valence-electron chi connectivity index (χ2n) is 4.80. The van der Waals surface area contributed by atoms with Crippen molar-refractivity contribution in [2.45, 2.75) is 38.7 Å². The van der Waals surface area contributed by atoms with Crippen LogP contribution in [0.4, 0.5) is 4.79 Å². The van der Waals surface area contributed by atoms with Crippen LogP contribution in [0, 0.1) is 0 Å². The number of nitrogens with zero attached hydrogens (tertiary/aromatic N) is 1. The van der Waals surface area contributed by atoms with Gasteiger partial charge in [0, 0.05) is 17.8 Å². The summed E-state index contributed by atoms with van der Waals surface area (Å²) in [4.78, 5) is 14.9. The first-order valence-corrected chi connectivity index (χ1v) is 5.16. The van der Waals surface area contributed by atoms with E-state index in [1.807, 2.05) is 39.8 Å². The third-order valence-electron chi connectivity index (χ3n) is 3.24. The van der Waals surface area contributed by atoms with Gasteiger partial charge in [0.25, 0.3) is 0 Å². The van der Waals surface area contributed by atoms with Crippen LogP contribution in [0.15, 0.2) is 24.5 Å². The van der Waals surface area contributed by atoms with Gasteiger partial charge in [0.1, 0.15) is 5.60 Å². The number of carbonyl (C=O) groups is 1. The number of nitrogens with two attached hydrogens (primary N) is 1. The van der Waals surface area contributed by atoms with Gasteiger partial charge in [-0.25, -0.2) is 4.79 Å². The van der Waals surface area contributed by atoms with Crippen molar-refractivity contribution in [3.63, 3.8) is 0 Å². The smallest absolute Gasteiger partial charge is 0.405 e. The summed E-state index contributed by atoms with van der Waals surface area (Å²) in [7, 11) is 0. The third kappa shape index (κ3) is 2.32.